The molecule has 0 radical (unpaired) electrons. The fourth-order valence-electron chi connectivity index (χ4n) is 1.30. The molecule has 1 saturated carbocycles. The van der Waals surface area contributed by atoms with Crippen molar-refractivity contribution >= 4 is 15.9 Å². The average Bonchev–Trinajstić information content (AvgIpc) is 3.03. The summed E-state index contributed by atoms with van der Waals surface area (Å²) in [6.07, 6.45) is 2.22. The van der Waals surface area contributed by atoms with E-state index < -0.39 is 18.2 Å². The van der Waals surface area contributed by atoms with Crippen molar-refractivity contribution in [3.63, 3.8) is 0 Å². The molecule has 1 aliphatic carbocycles. The van der Waals surface area contributed by atoms with Crippen LogP contribution < -0.4 is 9.47 Å². The fourth-order valence-corrected chi connectivity index (χ4v) is 1.73. The molecule has 0 heterocycles. The van der Waals surface area contributed by atoms with E-state index in [1.165, 1.54) is 0 Å². The van der Waals surface area contributed by atoms with Gasteiger partial charge < -0.3 is 9.47 Å². The first-order chi connectivity index (χ1) is 8.06. The summed E-state index contributed by atoms with van der Waals surface area (Å²) in [6.45, 7) is -2.54. The monoisotopic (exact) mass is 310 g/mol. The first kappa shape index (κ1) is 12.5. The third-order valence-electron chi connectivity index (χ3n) is 2.37. The summed E-state index contributed by atoms with van der Waals surface area (Å²) >= 11 is 3.11. The van der Waals surface area contributed by atoms with Crippen LogP contribution in [0.5, 0.6) is 11.5 Å². The smallest absolute Gasteiger partial charge is 0.387 e. The highest BCUT2D eigenvalue weighted by Crippen LogP contribution is 2.35. The second kappa shape index (κ2) is 5.16. The number of benzene rings is 1. The summed E-state index contributed by atoms with van der Waals surface area (Å²) in [5, 5.41) is 0. The second-order valence-corrected chi connectivity index (χ2v) is 4.70. The Hall–Kier alpha value is -0.910. The summed E-state index contributed by atoms with van der Waals surface area (Å²) in [5.41, 5.74) is 0. The molecule has 0 aliphatic heterocycles. The first-order valence-electron chi connectivity index (χ1n) is 5.13. The van der Waals surface area contributed by atoms with Crippen LogP contribution in [0.15, 0.2) is 16.6 Å². The lowest BCUT2D eigenvalue weighted by Gasteiger charge is -2.11. The Bertz CT molecular complexity index is 408. The minimum atomic E-state index is -3.05. The van der Waals surface area contributed by atoms with Crippen molar-refractivity contribution in [2.75, 3.05) is 6.61 Å². The summed E-state index contributed by atoms with van der Waals surface area (Å²) < 4.78 is 47.1. The van der Waals surface area contributed by atoms with Gasteiger partial charge in [-0.2, -0.15) is 8.78 Å². The predicted octanol–water partition coefficient (Wildman–Crippen LogP) is 3.98. The molecule has 0 N–H and O–H groups in total. The van der Waals surface area contributed by atoms with Crippen LogP contribution in [0.25, 0.3) is 0 Å². The summed E-state index contributed by atoms with van der Waals surface area (Å²) in [5.74, 6) is -0.523. The van der Waals surface area contributed by atoms with Gasteiger partial charge in [-0.15, -0.1) is 0 Å². The summed E-state index contributed by atoms with van der Waals surface area (Å²) in [4.78, 5) is 0. The molecule has 1 aromatic carbocycles. The number of alkyl halides is 2. The van der Waals surface area contributed by atoms with Crippen molar-refractivity contribution in [3.05, 3.63) is 22.4 Å². The van der Waals surface area contributed by atoms with E-state index in [9.17, 15) is 13.2 Å². The van der Waals surface area contributed by atoms with Crippen LogP contribution in [0.1, 0.15) is 12.8 Å². The molecule has 2 rings (SSSR count). The third kappa shape index (κ3) is 3.52. The van der Waals surface area contributed by atoms with E-state index in [1.807, 2.05) is 0 Å². The van der Waals surface area contributed by atoms with Crippen LogP contribution >= 0.6 is 15.9 Å². The van der Waals surface area contributed by atoms with Crippen LogP contribution in [0.4, 0.5) is 13.2 Å². The van der Waals surface area contributed by atoms with Crippen molar-refractivity contribution in [1.29, 1.82) is 0 Å². The molecule has 0 atom stereocenters. The Labute approximate surface area is 105 Å². The number of ether oxygens (including phenoxy) is 2. The van der Waals surface area contributed by atoms with Gasteiger partial charge in [-0.3, -0.25) is 0 Å². The van der Waals surface area contributed by atoms with Crippen molar-refractivity contribution in [2.24, 2.45) is 5.92 Å². The standard InChI is InChI=1S/C11H10BrF3O2/c12-7-3-8(13)10(17-11(14)15)4-9(7)16-5-6-1-2-6/h3-4,6,11H,1-2,5H2. The highest BCUT2D eigenvalue weighted by Gasteiger charge is 2.23. The van der Waals surface area contributed by atoms with Crippen LogP contribution in [-0.4, -0.2) is 13.2 Å². The maximum absolute atomic E-state index is 13.3. The zero-order chi connectivity index (χ0) is 12.4. The van der Waals surface area contributed by atoms with Gasteiger partial charge in [-0.05, 0) is 40.8 Å². The molecule has 0 amide bonds. The van der Waals surface area contributed by atoms with E-state index in [1.54, 1.807) is 0 Å². The van der Waals surface area contributed by atoms with Crippen molar-refractivity contribution < 1.29 is 22.6 Å². The van der Waals surface area contributed by atoms with E-state index in [0.717, 1.165) is 25.0 Å². The number of hydrogen-bond donors (Lipinski definition) is 0. The van der Waals surface area contributed by atoms with Gasteiger partial charge in [0.25, 0.3) is 0 Å². The molecule has 0 unspecified atom stereocenters. The van der Waals surface area contributed by atoms with E-state index in [4.69, 9.17) is 4.74 Å². The molecule has 17 heavy (non-hydrogen) atoms. The first-order valence-corrected chi connectivity index (χ1v) is 5.92. The highest BCUT2D eigenvalue weighted by atomic mass is 79.9. The molecule has 6 heteroatoms. The average molecular weight is 311 g/mol. The number of rotatable bonds is 5. The minimum Gasteiger partial charge on any atom is -0.492 e. The maximum atomic E-state index is 13.3. The van der Waals surface area contributed by atoms with Gasteiger partial charge in [0.1, 0.15) is 5.75 Å². The van der Waals surface area contributed by atoms with Crippen molar-refractivity contribution in [2.45, 2.75) is 19.5 Å². The molecule has 0 spiro atoms. The van der Waals surface area contributed by atoms with Crippen LogP contribution in [-0.2, 0) is 0 Å². The van der Waals surface area contributed by atoms with Gasteiger partial charge in [-0.1, -0.05) is 0 Å². The quantitative estimate of drug-likeness (QED) is 0.819. The Balaban J connectivity index is 2.12. The topological polar surface area (TPSA) is 18.5 Å². The Morgan fingerprint density at radius 3 is 2.59 bits per heavy atom. The van der Waals surface area contributed by atoms with Gasteiger partial charge in [0.15, 0.2) is 11.6 Å². The molecular weight excluding hydrogens is 301 g/mol. The lowest BCUT2D eigenvalue weighted by molar-refractivity contribution is -0.0523. The van der Waals surface area contributed by atoms with E-state index in [0.29, 0.717) is 22.7 Å². The Morgan fingerprint density at radius 1 is 1.29 bits per heavy atom. The zero-order valence-corrected chi connectivity index (χ0v) is 10.3. The van der Waals surface area contributed by atoms with Crippen LogP contribution in [0, 0.1) is 11.7 Å². The third-order valence-corrected chi connectivity index (χ3v) is 2.99. The molecule has 1 fully saturated rings. The summed E-state index contributed by atoms with van der Waals surface area (Å²) in [6, 6.07) is 2.19. The largest absolute Gasteiger partial charge is 0.492 e. The lowest BCUT2D eigenvalue weighted by Crippen LogP contribution is -2.05. The van der Waals surface area contributed by atoms with E-state index in [-0.39, 0.29) is 0 Å². The molecular formula is C11H10BrF3O2. The van der Waals surface area contributed by atoms with Crippen molar-refractivity contribution in [3.8, 4) is 11.5 Å². The van der Waals surface area contributed by atoms with Gasteiger partial charge in [0.2, 0.25) is 0 Å². The Morgan fingerprint density at radius 2 is 2.00 bits per heavy atom. The van der Waals surface area contributed by atoms with Gasteiger partial charge in [-0.25, -0.2) is 4.39 Å². The molecule has 0 saturated heterocycles. The molecule has 1 aromatic rings. The van der Waals surface area contributed by atoms with Gasteiger partial charge in [0.05, 0.1) is 11.1 Å². The van der Waals surface area contributed by atoms with Gasteiger partial charge in [0, 0.05) is 6.07 Å². The maximum Gasteiger partial charge on any atom is 0.387 e. The number of halogens is 4. The second-order valence-electron chi connectivity index (χ2n) is 3.85. The molecule has 0 bridgehead atoms. The van der Waals surface area contributed by atoms with Crippen LogP contribution in [0.2, 0.25) is 0 Å². The molecule has 1 aliphatic rings. The van der Waals surface area contributed by atoms with Gasteiger partial charge >= 0.3 is 6.61 Å². The number of hydrogen-bond acceptors (Lipinski definition) is 2. The molecule has 0 aromatic heterocycles. The normalized spacial score (nSPS) is 15.1. The van der Waals surface area contributed by atoms with E-state index in [2.05, 4.69) is 20.7 Å². The summed E-state index contributed by atoms with van der Waals surface area (Å²) in [7, 11) is 0. The van der Waals surface area contributed by atoms with E-state index >= 15 is 0 Å². The zero-order valence-electron chi connectivity index (χ0n) is 8.76. The van der Waals surface area contributed by atoms with Crippen molar-refractivity contribution in [1.82, 2.24) is 0 Å². The molecule has 94 valence electrons. The highest BCUT2D eigenvalue weighted by molar-refractivity contribution is 9.10. The Kier molecular flexibility index (Phi) is 3.81. The van der Waals surface area contributed by atoms with Crippen LogP contribution in [0.3, 0.4) is 0 Å². The SMILES string of the molecule is Fc1cc(Br)c(OCC2CC2)cc1OC(F)F. The minimum absolute atomic E-state index is 0.314. The molecule has 2 nitrogen and oxygen atoms in total. The fraction of sp³-hybridized carbons (Fsp3) is 0.455. The predicted molar refractivity (Wildman–Crippen MR) is 59.0 cm³/mol. The lowest BCUT2D eigenvalue weighted by atomic mass is 10.3.